The number of fused-ring (bicyclic) bond motifs is 2. The second kappa shape index (κ2) is 5.12. The number of hydrogen-bond acceptors (Lipinski definition) is 2. The highest BCUT2D eigenvalue weighted by molar-refractivity contribution is 5.67. The molecule has 0 amide bonds. The SMILES string of the molecule is COc1ccc2c(c1)C1(CCCC1)C(CC(=O)O)CC2. The lowest BCUT2D eigenvalue weighted by molar-refractivity contribution is -0.138. The number of methoxy groups -OCH3 is 1. The van der Waals surface area contributed by atoms with Crippen LogP contribution < -0.4 is 4.74 Å². The van der Waals surface area contributed by atoms with Crippen molar-refractivity contribution in [3.05, 3.63) is 29.3 Å². The Hall–Kier alpha value is -1.51. The highest BCUT2D eigenvalue weighted by Gasteiger charge is 2.46. The Bertz CT molecular complexity index is 515. The van der Waals surface area contributed by atoms with Crippen LogP contribution in [0.2, 0.25) is 0 Å². The summed E-state index contributed by atoms with van der Waals surface area (Å²) in [6.07, 6.45) is 7.00. The summed E-state index contributed by atoms with van der Waals surface area (Å²) >= 11 is 0. The van der Waals surface area contributed by atoms with E-state index in [1.165, 1.54) is 24.0 Å². The van der Waals surface area contributed by atoms with Crippen LogP contribution in [-0.2, 0) is 16.6 Å². The number of carboxylic acid groups (broad SMARTS) is 1. The number of aryl methyl sites for hydroxylation is 1. The molecule has 20 heavy (non-hydrogen) atoms. The molecule has 0 saturated heterocycles. The average Bonchev–Trinajstić information content (AvgIpc) is 2.92. The number of hydrogen-bond donors (Lipinski definition) is 1. The second-order valence-electron chi connectivity index (χ2n) is 6.22. The smallest absolute Gasteiger partial charge is 0.303 e. The standard InChI is InChI=1S/C17H22O3/c1-20-14-7-5-12-4-6-13(10-16(18)19)17(15(12)11-14)8-2-3-9-17/h5,7,11,13H,2-4,6,8-10H2,1H3,(H,18,19). The fourth-order valence-electron chi connectivity index (χ4n) is 4.38. The molecule has 1 N–H and O–H groups in total. The lowest BCUT2D eigenvalue weighted by atomic mass is 9.61. The third-order valence-electron chi connectivity index (χ3n) is 5.31. The van der Waals surface area contributed by atoms with Crippen molar-refractivity contribution in [2.24, 2.45) is 5.92 Å². The van der Waals surface area contributed by atoms with E-state index < -0.39 is 5.97 Å². The van der Waals surface area contributed by atoms with Crippen LogP contribution in [0.3, 0.4) is 0 Å². The predicted octanol–water partition coefficient (Wildman–Crippen LogP) is 3.54. The van der Waals surface area contributed by atoms with Gasteiger partial charge in [0.25, 0.3) is 0 Å². The summed E-state index contributed by atoms with van der Waals surface area (Å²) in [5.74, 6) is 0.515. The summed E-state index contributed by atoms with van der Waals surface area (Å²) in [7, 11) is 1.70. The maximum atomic E-state index is 11.2. The van der Waals surface area contributed by atoms with E-state index in [0.717, 1.165) is 31.4 Å². The van der Waals surface area contributed by atoms with Crippen molar-refractivity contribution in [3.63, 3.8) is 0 Å². The van der Waals surface area contributed by atoms with Gasteiger partial charge in [-0.15, -0.1) is 0 Å². The summed E-state index contributed by atoms with van der Waals surface area (Å²) in [4.78, 5) is 11.2. The summed E-state index contributed by atoms with van der Waals surface area (Å²) in [6.45, 7) is 0. The normalized spacial score (nSPS) is 23.6. The van der Waals surface area contributed by atoms with Gasteiger partial charge in [0.05, 0.1) is 7.11 Å². The Balaban J connectivity index is 2.05. The summed E-state index contributed by atoms with van der Waals surface area (Å²) in [5.41, 5.74) is 2.85. The van der Waals surface area contributed by atoms with Crippen molar-refractivity contribution in [3.8, 4) is 5.75 Å². The van der Waals surface area contributed by atoms with Crippen molar-refractivity contribution in [2.45, 2.75) is 50.4 Å². The topological polar surface area (TPSA) is 46.5 Å². The first kappa shape index (κ1) is 13.5. The van der Waals surface area contributed by atoms with Gasteiger partial charge >= 0.3 is 5.97 Å². The third kappa shape index (κ3) is 2.09. The third-order valence-corrected chi connectivity index (χ3v) is 5.31. The Kier molecular flexibility index (Phi) is 3.45. The van der Waals surface area contributed by atoms with Gasteiger partial charge in [-0.1, -0.05) is 18.9 Å². The lowest BCUT2D eigenvalue weighted by Crippen LogP contribution is -2.38. The van der Waals surface area contributed by atoms with Crippen LogP contribution in [0.1, 0.15) is 49.7 Å². The molecular weight excluding hydrogens is 252 g/mol. The van der Waals surface area contributed by atoms with Crippen molar-refractivity contribution < 1.29 is 14.6 Å². The Morgan fingerprint density at radius 3 is 2.80 bits per heavy atom. The van der Waals surface area contributed by atoms with E-state index in [0.29, 0.717) is 6.42 Å². The van der Waals surface area contributed by atoms with Gasteiger partial charge in [-0.2, -0.15) is 0 Å². The number of rotatable bonds is 3. The van der Waals surface area contributed by atoms with Gasteiger partial charge in [-0.3, -0.25) is 4.79 Å². The van der Waals surface area contributed by atoms with E-state index in [4.69, 9.17) is 4.74 Å². The van der Waals surface area contributed by atoms with Gasteiger partial charge in [0.15, 0.2) is 0 Å². The van der Waals surface area contributed by atoms with Crippen LogP contribution in [0.15, 0.2) is 18.2 Å². The van der Waals surface area contributed by atoms with Gasteiger partial charge in [0.2, 0.25) is 0 Å². The number of carbonyl (C=O) groups is 1. The molecule has 2 aliphatic rings. The molecule has 1 aromatic carbocycles. The van der Waals surface area contributed by atoms with Crippen LogP contribution in [0.25, 0.3) is 0 Å². The fraction of sp³-hybridized carbons (Fsp3) is 0.588. The van der Waals surface area contributed by atoms with E-state index >= 15 is 0 Å². The first-order valence-electron chi connectivity index (χ1n) is 7.55. The van der Waals surface area contributed by atoms with E-state index in [1.54, 1.807) is 7.11 Å². The van der Waals surface area contributed by atoms with Gasteiger partial charge in [0.1, 0.15) is 5.75 Å². The van der Waals surface area contributed by atoms with E-state index in [2.05, 4.69) is 12.1 Å². The fourth-order valence-corrected chi connectivity index (χ4v) is 4.38. The molecule has 3 nitrogen and oxygen atoms in total. The zero-order chi connectivity index (χ0) is 14.2. The largest absolute Gasteiger partial charge is 0.497 e. The Morgan fingerprint density at radius 2 is 2.15 bits per heavy atom. The highest BCUT2D eigenvalue weighted by atomic mass is 16.5. The molecule has 0 aromatic heterocycles. The van der Waals surface area contributed by atoms with Crippen LogP contribution in [0.5, 0.6) is 5.75 Å². The molecule has 2 aliphatic carbocycles. The quantitative estimate of drug-likeness (QED) is 0.917. The number of aliphatic carboxylic acids is 1. The minimum absolute atomic E-state index is 0.0838. The monoisotopic (exact) mass is 274 g/mol. The molecule has 1 saturated carbocycles. The molecule has 1 spiro atoms. The van der Waals surface area contributed by atoms with Gasteiger partial charge in [-0.05, 0) is 60.3 Å². The molecule has 1 atom stereocenters. The lowest BCUT2D eigenvalue weighted by Gasteiger charge is -2.43. The summed E-state index contributed by atoms with van der Waals surface area (Å²) < 4.78 is 5.38. The number of ether oxygens (including phenoxy) is 1. The van der Waals surface area contributed by atoms with Crippen LogP contribution in [0.4, 0.5) is 0 Å². The summed E-state index contributed by atoms with van der Waals surface area (Å²) in [5, 5.41) is 9.23. The first-order chi connectivity index (χ1) is 9.65. The molecule has 1 aromatic rings. The molecule has 3 rings (SSSR count). The molecular formula is C17H22O3. The molecule has 0 bridgehead atoms. The van der Waals surface area contributed by atoms with Gasteiger partial charge in [0, 0.05) is 6.42 Å². The molecule has 3 heteroatoms. The Morgan fingerprint density at radius 1 is 1.40 bits per heavy atom. The molecule has 1 unspecified atom stereocenters. The zero-order valence-corrected chi connectivity index (χ0v) is 12.0. The van der Waals surface area contributed by atoms with E-state index in [9.17, 15) is 9.90 Å². The molecule has 1 fully saturated rings. The summed E-state index contributed by atoms with van der Waals surface area (Å²) in [6, 6.07) is 6.36. The maximum absolute atomic E-state index is 11.2. The molecule has 0 heterocycles. The molecule has 0 radical (unpaired) electrons. The van der Waals surface area contributed by atoms with Crippen LogP contribution >= 0.6 is 0 Å². The van der Waals surface area contributed by atoms with E-state index in [-0.39, 0.29) is 11.3 Å². The van der Waals surface area contributed by atoms with Crippen molar-refractivity contribution in [2.75, 3.05) is 7.11 Å². The minimum atomic E-state index is -0.660. The van der Waals surface area contributed by atoms with Crippen molar-refractivity contribution in [1.29, 1.82) is 0 Å². The predicted molar refractivity (Wildman–Crippen MR) is 77.2 cm³/mol. The van der Waals surface area contributed by atoms with Crippen molar-refractivity contribution >= 4 is 5.97 Å². The van der Waals surface area contributed by atoms with Crippen molar-refractivity contribution in [1.82, 2.24) is 0 Å². The number of benzene rings is 1. The first-order valence-corrected chi connectivity index (χ1v) is 7.55. The maximum Gasteiger partial charge on any atom is 0.303 e. The van der Waals surface area contributed by atoms with Gasteiger partial charge < -0.3 is 9.84 Å². The zero-order valence-electron chi connectivity index (χ0n) is 12.0. The Labute approximate surface area is 120 Å². The van der Waals surface area contributed by atoms with Crippen LogP contribution in [0, 0.1) is 5.92 Å². The second-order valence-corrected chi connectivity index (χ2v) is 6.22. The van der Waals surface area contributed by atoms with E-state index in [1.807, 2.05) is 6.07 Å². The minimum Gasteiger partial charge on any atom is -0.497 e. The average molecular weight is 274 g/mol. The molecule has 0 aliphatic heterocycles. The highest BCUT2D eigenvalue weighted by Crippen LogP contribution is 2.53. The molecule has 108 valence electrons. The van der Waals surface area contributed by atoms with Crippen LogP contribution in [-0.4, -0.2) is 18.2 Å². The van der Waals surface area contributed by atoms with Gasteiger partial charge in [-0.25, -0.2) is 0 Å². The number of carboxylic acids is 1.